The molecule has 1 rings (SSSR count). The second-order valence-corrected chi connectivity index (χ2v) is 2.38. The summed E-state index contributed by atoms with van der Waals surface area (Å²) in [7, 11) is 0. The Labute approximate surface area is 70.3 Å². The van der Waals surface area contributed by atoms with Gasteiger partial charge in [0.25, 0.3) is 0 Å². The van der Waals surface area contributed by atoms with Gasteiger partial charge < -0.3 is 4.42 Å². The quantitative estimate of drug-likeness (QED) is 0.414. The van der Waals surface area contributed by atoms with Gasteiger partial charge in [0.1, 0.15) is 5.71 Å². The molecule has 64 valence electrons. The van der Waals surface area contributed by atoms with E-state index in [-0.39, 0.29) is 0 Å². The van der Waals surface area contributed by atoms with Crippen LogP contribution in [0.3, 0.4) is 0 Å². The Hall–Kier alpha value is -1.58. The highest BCUT2D eigenvalue weighted by Gasteiger charge is 2.04. The molecule has 0 aliphatic rings. The zero-order chi connectivity index (χ0) is 8.97. The fourth-order valence-electron chi connectivity index (χ4n) is 0.917. The van der Waals surface area contributed by atoms with E-state index in [1.807, 2.05) is 13.0 Å². The Kier molecular flexibility index (Phi) is 2.63. The molecule has 12 heavy (non-hydrogen) atoms. The first-order valence-electron chi connectivity index (χ1n) is 3.53. The predicted octanol–water partition coefficient (Wildman–Crippen LogP) is 1.06. The van der Waals surface area contributed by atoms with Crippen LogP contribution in [0.15, 0.2) is 21.8 Å². The molecule has 1 aromatic rings. The topological polar surface area (TPSA) is 54.6 Å². The van der Waals surface area contributed by atoms with Crippen LogP contribution in [-0.4, -0.2) is 12.1 Å². The summed E-state index contributed by atoms with van der Waals surface area (Å²) in [5, 5.41) is 3.75. The lowest BCUT2D eigenvalue weighted by molar-refractivity contribution is -0.109. The van der Waals surface area contributed by atoms with Crippen LogP contribution in [-0.2, 0) is 4.79 Å². The molecular formula is C8H10N2O2. The third-order valence-corrected chi connectivity index (χ3v) is 1.48. The van der Waals surface area contributed by atoms with Gasteiger partial charge in [-0.3, -0.25) is 4.79 Å². The first-order valence-corrected chi connectivity index (χ1v) is 3.53. The van der Waals surface area contributed by atoms with Gasteiger partial charge in [0.15, 0.2) is 5.76 Å². The number of nitrogens with zero attached hydrogens (tertiary/aromatic N) is 1. The van der Waals surface area contributed by atoms with E-state index < -0.39 is 0 Å². The van der Waals surface area contributed by atoms with Crippen LogP contribution in [0.4, 0.5) is 0 Å². The number of aryl methyl sites for hydroxylation is 1. The Morgan fingerprint density at radius 3 is 3.00 bits per heavy atom. The van der Waals surface area contributed by atoms with E-state index in [0.29, 0.717) is 17.9 Å². The van der Waals surface area contributed by atoms with Gasteiger partial charge in [0.2, 0.25) is 6.41 Å². The van der Waals surface area contributed by atoms with Crippen molar-refractivity contribution in [3.05, 3.63) is 23.7 Å². The van der Waals surface area contributed by atoms with E-state index in [1.54, 1.807) is 13.2 Å². The molecule has 1 heterocycles. The number of amides is 1. The molecule has 0 radical (unpaired) electrons. The van der Waals surface area contributed by atoms with Crippen LogP contribution >= 0.6 is 0 Å². The number of carbonyl (C=O) groups is 1. The second-order valence-electron chi connectivity index (χ2n) is 2.38. The highest BCUT2D eigenvalue weighted by atomic mass is 16.3. The van der Waals surface area contributed by atoms with E-state index in [0.717, 1.165) is 5.56 Å². The lowest BCUT2D eigenvalue weighted by Gasteiger charge is -1.95. The monoisotopic (exact) mass is 166 g/mol. The maximum Gasteiger partial charge on any atom is 0.227 e. The summed E-state index contributed by atoms with van der Waals surface area (Å²) in [6, 6.07) is 1.84. The van der Waals surface area contributed by atoms with E-state index >= 15 is 0 Å². The first kappa shape index (κ1) is 8.52. The molecule has 0 spiro atoms. The van der Waals surface area contributed by atoms with E-state index in [2.05, 4.69) is 10.5 Å². The zero-order valence-electron chi connectivity index (χ0n) is 7.00. The summed E-state index contributed by atoms with van der Waals surface area (Å²) >= 11 is 0. The Bertz CT molecular complexity index is 302. The summed E-state index contributed by atoms with van der Waals surface area (Å²) < 4.78 is 5.14. The van der Waals surface area contributed by atoms with Gasteiger partial charge in [-0.15, -0.1) is 0 Å². The third-order valence-electron chi connectivity index (χ3n) is 1.48. The van der Waals surface area contributed by atoms with E-state index in [4.69, 9.17) is 4.42 Å². The highest BCUT2D eigenvalue weighted by Crippen LogP contribution is 2.09. The molecule has 0 saturated heterocycles. The van der Waals surface area contributed by atoms with Gasteiger partial charge in [-0.1, -0.05) is 0 Å². The average molecular weight is 166 g/mol. The highest BCUT2D eigenvalue weighted by molar-refractivity contribution is 5.97. The van der Waals surface area contributed by atoms with Crippen molar-refractivity contribution in [2.24, 2.45) is 5.10 Å². The zero-order valence-corrected chi connectivity index (χ0v) is 7.00. The molecule has 1 aromatic heterocycles. The fraction of sp³-hybridized carbons (Fsp3) is 0.250. The van der Waals surface area contributed by atoms with Crippen molar-refractivity contribution >= 4 is 12.1 Å². The van der Waals surface area contributed by atoms with Crippen LogP contribution in [0.2, 0.25) is 0 Å². The summed E-state index contributed by atoms with van der Waals surface area (Å²) in [6.45, 7) is 3.68. The lowest BCUT2D eigenvalue weighted by atomic mass is 10.2. The predicted molar refractivity (Wildman–Crippen MR) is 44.9 cm³/mol. The van der Waals surface area contributed by atoms with Crippen LogP contribution in [0.1, 0.15) is 18.2 Å². The molecule has 0 aliphatic carbocycles. The minimum absolute atomic E-state index is 0.516. The summed E-state index contributed by atoms with van der Waals surface area (Å²) in [5.41, 5.74) is 3.87. The third kappa shape index (κ3) is 1.72. The smallest absolute Gasteiger partial charge is 0.227 e. The molecule has 4 heteroatoms. The van der Waals surface area contributed by atoms with Gasteiger partial charge in [-0.05, 0) is 25.5 Å². The Morgan fingerprint density at radius 2 is 2.50 bits per heavy atom. The molecule has 0 fully saturated rings. The SMILES string of the molecule is C/C(=N/NC=O)c1occc1C. The van der Waals surface area contributed by atoms with Crippen molar-refractivity contribution in [3.63, 3.8) is 0 Å². The number of hydrogen-bond acceptors (Lipinski definition) is 3. The molecule has 0 aliphatic heterocycles. The molecule has 4 nitrogen and oxygen atoms in total. The number of nitrogens with one attached hydrogen (secondary N) is 1. The van der Waals surface area contributed by atoms with Gasteiger partial charge in [-0.2, -0.15) is 5.10 Å². The maximum atomic E-state index is 9.92. The Morgan fingerprint density at radius 1 is 1.75 bits per heavy atom. The Balaban J connectivity index is 2.83. The van der Waals surface area contributed by atoms with Gasteiger partial charge in [0.05, 0.1) is 6.26 Å². The standard InChI is InChI=1S/C8H10N2O2/c1-6-3-4-12-8(6)7(2)10-9-5-11/h3-5H,1-2H3,(H,9,11)/b10-7-. The second kappa shape index (κ2) is 3.71. The van der Waals surface area contributed by atoms with Crippen molar-refractivity contribution in [1.29, 1.82) is 0 Å². The maximum absolute atomic E-state index is 9.92. The van der Waals surface area contributed by atoms with Gasteiger partial charge in [-0.25, -0.2) is 5.43 Å². The van der Waals surface area contributed by atoms with Crippen molar-refractivity contribution < 1.29 is 9.21 Å². The normalized spacial score (nSPS) is 11.3. The van der Waals surface area contributed by atoms with Crippen molar-refractivity contribution in [2.75, 3.05) is 0 Å². The molecule has 0 unspecified atom stereocenters. The number of hydrazone groups is 1. The number of hydrogen-bond donors (Lipinski definition) is 1. The lowest BCUT2D eigenvalue weighted by Crippen LogP contribution is -2.06. The molecule has 1 N–H and O–H groups in total. The summed E-state index contributed by atoms with van der Waals surface area (Å²) in [5.74, 6) is 0.698. The van der Waals surface area contributed by atoms with Crippen LogP contribution in [0.5, 0.6) is 0 Å². The molecule has 0 bridgehead atoms. The molecule has 0 aromatic carbocycles. The van der Waals surface area contributed by atoms with Crippen LogP contribution in [0.25, 0.3) is 0 Å². The first-order chi connectivity index (χ1) is 5.75. The summed E-state index contributed by atoms with van der Waals surface area (Å²) in [6.07, 6.45) is 2.10. The largest absolute Gasteiger partial charge is 0.463 e. The minimum Gasteiger partial charge on any atom is -0.463 e. The summed E-state index contributed by atoms with van der Waals surface area (Å²) in [4.78, 5) is 9.92. The molecule has 0 saturated carbocycles. The van der Waals surface area contributed by atoms with Crippen LogP contribution in [0, 0.1) is 6.92 Å². The fourth-order valence-corrected chi connectivity index (χ4v) is 0.917. The average Bonchev–Trinajstić information content (AvgIpc) is 2.47. The van der Waals surface area contributed by atoms with E-state index in [9.17, 15) is 4.79 Å². The molecule has 1 amide bonds. The van der Waals surface area contributed by atoms with Crippen LogP contribution < -0.4 is 5.43 Å². The molecule has 0 atom stereocenters. The molecular weight excluding hydrogens is 156 g/mol. The van der Waals surface area contributed by atoms with Crippen molar-refractivity contribution in [1.82, 2.24) is 5.43 Å². The number of furan rings is 1. The van der Waals surface area contributed by atoms with Gasteiger partial charge in [0, 0.05) is 0 Å². The van der Waals surface area contributed by atoms with Crippen molar-refractivity contribution in [2.45, 2.75) is 13.8 Å². The minimum atomic E-state index is 0.516. The number of carbonyl (C=O) groups excluding carboxylic acids is 1. The van der Waals surface area contributed by atoms with E-state index in [1.165, 1.54) is 0 Å². The van der Waals surface area contributed by atoms with Gasteiger partial charge >= 0.3 is 0 Å². The number of rotatable bonds is 3. The van der Waals surface area contributed by atoms with Crippen molar-refractivity contribution in [3.8, 4) is 0 Å².